The number of nitrogens with one attached hydrogen (secondary N) is 1. The molecule has 1 rings (SSSR count). The predicted molar refractivity (Wildman–Crippen MR) is 65.2 cm³/mol. The number of benzene rings is 1. The summed E-state index contributed by atoms with van der Waals surface area (Å²) < 4.78 is 43.3. The van der Waals surface area contributed by atoms with Crippen molar-refractivity contribution >= 4 is 22.0 Å². The maximum absolute atomic E-state index is 13.1. The zero-order valence-corrected chi connectivity index (χ0v) is 11.2. The van der Waals surface area contributed by atoms with Gasteiger partial charge in [-0.3, -0.25) is 4.79 Å². The van der Waals surface area contributed by atoms with E-state index in [1.807, 2.05) is 4.72 Å². The molecule has 20 heavy (non-hydrogen) atoms. The molecule has 0 radical (unpaired) electrons. The number of sulfonamides is 1. The molecule has 2 N–H and O–H groups in total. The summed E-state index contributed by atoms with van der Waals surface area (Å²) in [5, 5.41) is 8.44. The molecule has 0 saturated heterocycles. The van der Waals surface area contributed by atoms with Gasteiger partial charge in [0.2, 0.25) is 10.0 Å². The van der Waals surface area contributed by atoms with Gasteiger partial charge in [-0.1, -0.05) is 0 Å². The first kappa shape index (κ1) is 16.1. The van der Waals surface area contributed by atoms with Crippen LogP contribution in [0.3, 0.4) is 0 Å². The molecule has 0 unspecified atom stereocenters. The highest BCUT2D eigenvalue weighted by Crippen LogP contribution is 2.18. The molecular weight excluding hydrogens is 293 g/mol. The molecule has 0 spiro atoms. The van der Waals surface area contributed by atoms with Crippen LogP contribution in [0.1, 0.15) is 16.8 Å². The molecule has 0 aliphatic heterocycles. The van der Waals surface area contributed by atoms with Crippen molar-refractivity contribution < 1.29 is 32.2 Å². The second-order valence-electron chi connectivity index (χ2n) is 3.67. The molecule has 0 saturated carbocycles. The quantitative estimate of drug-likeness (QED) is 0.735. The Morgan fingerprint density at radius 1 is 1.40 bits per heavy atom. The summed E-state index contributed by atoms with van der Waals surface area (Å²) in [5.41, 5.74) is -0.463. The summed E-state index contributed by atoms with van der Waals surface area (Å²) in [7, 11) is -3.11. The van der Waals surface area contributed by atoms with Crippen molar-refractivity contribution in [2.75, 3.05) is 13.7 Å². The van der Waals surface area contributed by atoms with Crippen LogP contribution in [-0.4, -0.2) is 39.1 Å². The largest absolute Gasteiger partial charge is 0.481 e. The molecule has 0 atom stereocenters. The summed E-state index contributed by atoms with van der Waals surface area (Å²) in [5.74, 6) is -2.99. The Hall–Kier alpha value is -2.00. The zero-order valence-electron chi connectivity index (χ0n) is 10.4. The van der Waals surface area contributed by atoms with Gasteiger partial charge in [0.1, 0.15) is 5.82 Å². The number of carbonyl (C=O) groups excluding carboxylic acids is 1. The molecule has 0 heterocycles. The standard InChI is InChI=1S/C11H12FNO6S/c1-19-11(16)8-6-7(12)2-3-9(8)20(17,18)13-5-4-10(14)15/h2-3,6,13H,4-5H2,1H3,(H,14,15). The van der Waals surface area contributed by atoms with Crippen molar-refractivity contribution in [3.8, 4) is 0 Å². The van der Waals surface area contributed by atoms with Crippen molar-refractivity contribution in [3.63, 3.8) is 0 Å². The highest BCUT2D eigenvalue weighted by Gasteiger charge is 2.23. The summed E-state index contributed by atoms with van der Waals surface area (Å²) in [6.07, 6.45) is -0.423. The molecule has 1 aromatic rings. The predicted octanol–water partition coefficient (Wildman–Crippen LogP) is 0.365. The number of rotatable bonds is 6. The van der Waals surface area contributed by atoms with Crippen LogP contribution in [0.4, 0.5) is 4.39 Å². The molecule has 0 amide bonds. The normalized spacial score (nSPS) is 11.1. The second kappa shape index (κ2) is 6.44. The Balaban J connectivity index is 3.11. The van der Waals surface area contributed by atoms with E-state index in [0.29, 0.717) is 0 Å². The van der Waals surface area contributed by atoms with Gasteiger partial charge in [-0.15, -0.1) is 0 Å². The first-order chi connectivity index (χ1) is 9.27. The first-order valence-corrected chi connectivity index (χ1v) is 6.85. The van der Waals surface area contributed by atoms with Crippen LogP contribution < -0.4 is 4.72 Å². The number of carbonyl (C=O) groups is 2. The minimum atomic E-state index is -4.14. The third-order valence-corrected chi connectivity index (χ3v) is 3.79. The monoisotopic (exact) mass is 305 g/mol. The zero-order chi connectivity index (χ0) is 15.3. The lowest BCUT2D eigenvalue weighted by Gasteiger charge is -2.09. The number of ether oxygens (including phenoxy) is 1. The van der Waals surface area contributed by atoms with E-state index in [1.165, 1.54) is 0 Å². The fourth-order valence-corrected chi connectivity index (χ4v) is 2.58. The van der Waals surface area contributed by atoms with Gasteiger partial charge >= 0.3 is 11.9 Å². The number of carboxylic acid groups (broad SMARTS) is 1. The maximum atomic E-state index is 13.1. The smallest absolute Gasteiger partial charge is 0.339 e. The number of halogens is 1. The lowest BCUT2D eigenvalue weighted by atomic mass is 10.2. The molecule has 1 aromatic carbocycles. The van der Waals surface area contributed by atoms with Crippen molar-refractivity contribution in [1.29, 1.82) is 0 Å². The topological polar surface area (TPSA) is 110 Å². The van der Waals surface area contributed by atoms with E-state index in [-0.39, 0.29) is 6.54 Å². The molecule has 0 fully saturated rings. The molecular formula is C11H12FNO6S. The van der Waals surface area contributed by atoms with Crippen LogP contribution in [0.5, 0.6) is 0 Å². The Morgan fingerprint density at radius 3 is 2.60 bits per heavy atom. The lowest BCUT2D eigenvalue weighted by molar-refractivity contribution is -0.136. The van der Waals surface area contributed by atoms with E-state index in [1.54, 1.807) is 0 Å². The Bertz CT molecular complexity index is 628. The van der Waals surface area contributed by atoms with E-state index >= 15 is 0 Å². The van der Waals surface area contributed by atoms with Gasteiger partial charge in [-0.2, -0.15) is 0 Å². The molecule has 7 nitrogen and oxygen atoms in total. The van der Waals surface area contributed by atoms with Gasteiger partial charge in [-0.25, -0.2) is 22.3 Å². The molecule has 0 aromatic heterocycles. The van der Waals surface area contributed by atoms with Crippen LogP contribution in [-0.2, 0) is 19.6 Å². The third-order valence-electron chi connectivity index (χ3n) is 2.27. The van der Waals surface area contributed by atoms with Crippen LogP contribution >= 0.6 is 0 Å². The van der Waals surface area contributed by atoms with Crippen molar-refractivity contribution in [2.24, 2.45) is 0 Å². The van der Waals surface area contributed by atoms with E-state index in [0.717, 1.165) is 25.3 Å². The van der Waals surface area contributed by atoms with E-state index in [4.69, 9.17) is 5.11 Å². The van der Waals surface area contributed by atoms with Crippen molar-refractivity contribution in [1.82, 2.24) is 4.72 Å². The molecule has 9 heteroatoms. The average molecular weight is 305 g/mol. The number of carboxylic acids is 1. The Morgan fingerprint density at radius 2 is 2.05 bits per heavy atom. The fraction of sp³-hybridized carbons (Fsp3) is 0.273. The molecule has 0 aliphatic rings. The Kier molecular flexibility index (Phi) is 5.17. The highest BCUT2D eigenvalue weighted by atomic mass is 32.2. The third kappa shape index (κ3) is 4.00. The van der Waals surface area contributed by atoms with Crippen LogP contribution in [0, 0.1) is 5.82 Å². The van der Waals surface area contributed by atoms with Crippen LogP contribution in [0.2, 0.25) is 0 Å². The number of esters is 1. The van der Waals surface area contributed by atoms with Gasteiger partial charge < -0.3 is 9.84 Å². The minimum absolute atomic E-state index is 0.352. The second-order valence-corrected chi connectivity index (χ2v) is 5.41. The molecule has 0 bridgehead atoms. The van der Waals surface area contributed by atoms with Crippen LogP contribution in [0.25, 0.3) is 0 Å². The van der Waals surface area contributed by atoms with Crippen molar-refractivity contribution in [3.05, 3.63) is 29.6 Å². The molecule has 0 aliphatic carbocycles. The fourth-order valence-electron chi connectivity index (χ4n) is 1.38. The van der Waals surface area contributed by atoms with Gasteiger partial charge in [0, 0.05) is 6.54 Å². The summed E-state index contributed by atoms with van der Waals surface area (Å²) >= 11 is 0. The van der Waals surface area contributed by atoms with Gasteiger partial charge in [0.15, 0.2) is 0 Å². The summed E-state index contributed by atoms with van der Waals surface area (Å²) in [6.45, 7) is -0.352. The SMILES string of the molecule is COC(=O)c1cc(F)ccc1S(=O)(=O)NCCC(=O)O. The minimum Gasteiger partial charge on any atom is -0.481 e. The van der Waals surface area contributed by atoms with Gasteiger partial charge in [0.05, 0.1) is 24.0 Å². The number of methoxy groups -OCH3 is 1. The summed E-state index contributed by atoms with van der Waals surface area (Å²) in [4.78, 5) is 21.3. The Labute approximate surface area is 114 Å². The van der Waals surface area contributed by atoms with E-state index < -0.39 is 44.7 Å². The maximum Gasteiger partial charge on any atom is 0.339 e. The number of aliphatic carboxylic acids is 1. The lowest BCUT2D eigenvalue weighted by Crippen LogP contribution is -2.28. The summed E-state index contributed by atoms with van der Waals surface area (Å²) in [6, 6.07) is 2.51. The molecule has 110 valence electrons. The van der Waals surface area contributed by atoms with Gasteiger partial charge in [0.25, 0.3) is 0 Å². The van der Waals surface area contributed by atoms with E-state index in [2.05, 4.69) is 4.74 Å². The van der Waals surface area contributed by atoms with Crippen LogP contribution in [0.15, 0.2) is 23.1 Å². The van der Waals surface area contributed by atoms with Gasteiger partial charge in [-0.05, 0) is 18.2 Å². The first-order valence-electron chi connectivity index (χ1n) is 5.37. The van der Waals surface area contributed by atoms with Crippen molar-refractivity contribution in [2.45, 2.75) is 11.3 Å². The number of hydrogen-bond donors (Lipinski definition) is 2. The highest BCUT2D eigenvalue weighted by molar-refractivity contribution is 7.89. The average Bonchev–Trinajstić information content (AvgIpc) is 2.36. The number of hydrogen-bond acceptors (Lipinski definition) is 5. The van der Waals surface area contributed by atoms with E-state index in [9.17, 15) is 22.4 Å².